The first-order valence-electron chi connectivity index (χ1n) is 6.35. The van der Waals surface area contributed by atoms with Crippen molar-refractivity contribution in [3.8, 4) is 0 Å². The minimum Gasteiger partial charge on any atom is -0.465 e. The van der Waals surface area contributed by atoms with E-state index in [0.717, 1.165) is 5.56 Å². The van der Waals surface area contributed by atoms with E-state index in [2.05, 4.69) is 5.32 Å². The van der Waals surface area contributed by atoms with Crippen molar-refractivity contribution in [1.29, 1.82) is 0 Å². The van der Waals surface area contributed by atoms with Gasteiger partial charge in [0.2, 0.25) is 5.91 Å². The van der Waals surface area contributed by atoms with Crippen LogP contribution in [0.25, 0.3) is 6.08 Å². The number of benzene rings is 1. The molecule has 0 fully saturated rings. The topological polar surface area (TPSA) is 62.5 Å². The highest BCUT2D eigenvalue weighted by molar-refractivity contribution is 5.91. The van der Waals surface area contributed by atoms with Gasteiger partial charge >= 0.3 is 0 Å². The Morgan fingerprint density at radius 3 is 2.70 bits per heavy atom. The van der Waals surface area contributed by atoms with Crippen LogP contribution in [-0.4, -0.2) is 17.6 Å². The highest BCUT2D eigenvalue weighted by Crippen LogP contribution is 2.18. The second-order valence-electron chi connectivity index (χ2n) is 4.71. The van der Waals surface area contributed by atoms with Gasteiger partial charge < -0.3 is 14.8 Å². The van der Waals surface area contributed by atoms with Gasteiger partial charge in [-0.1, -0.05) is 30.3 Å². The van der Waals surface area contributed by atoms with E-state index in [0.29, 0.717) is 5.76 Å². The molecule has 1 aromatic heterocycles. The minimum absolute atomic E-state index is 0.137. The lowest BCUT2D eigenvalue weighted by molar-refractivity contribution is -0.117. The summed E-state index contributed by atoms with van der Waals surface area (Å²) in [6, 6.07) is 12.7. The molecule has 1 amide bonds. The summed E-state index contributed by atoms with van der Waals surface area (Å²) < 4.78 is 5.08. The third-order valence-corrected chi connectivity index (χ3v) is 2.94. The third kappa shape index (κ3) is 3.83. The van der Waals surface area contributed by atoms with Crippen molar-refractivity contribution < 1.29 is 14.3 Å². The molecule has 0 unspecified atom stereocenters. The maximum absolute atomic E-state index is 11.7. The highest BCUT2D eigenvalue weighted by atomic mass is 16.3. The molecule has 0 aliphatic rings. The van der Waals surface area contributed by atoms with E-state index in [1.54, 1.807) is 25.1 Å². The molecule has 0 saturated heterocycles. The van der Waals surface area contributed by atoms with Crippen molar-refractivity contribution >= 4 is 12.0 Å². The number of carbonyl (C=O) groups is 1. The standard InChI is InChI=1S/C16H17NO3/c1-16(19,13-6-3-2-4-7-13)12-17-15(18)10-9-14-8-5-11-20-14/h2-11,19H,12H2,1H3,(H,17,18)/b10-9+/t16-/m1/s1. The Kier molecular flexibility index (Phi) is 4.38. The van der Waals surface area contributed by atoms with Gasteiger partial charge in [-0.25, -0.2) is 0 Å². The quantitative estimate of drug-likeness (QED) is 0.820. The molecule has 0 saturated carbocycles. The van der Waals surface area contributed by atoms with Crippen LogP contribution in [0.4, 0.5) is 0 Å². The van der Waals surface area contributed by atoms with Crippen LogP contribution in [0.1, 0.15) is 18.2 Å². The van der Waals surface area contributed by atoms with Gasteiger partial charge in [0.25, 0.3) is 0 Å². The number of amides is 1. The number of aliphatic hydroxyl groups is 1. The van der Waals surface area contributed by atoms with Crippen LogP contribution >= 0.6 is 0 Å². The average Bonchev–Trinajstić information content (AvgIpc) is 2.97. The van der Waals surface area contributed by atoms with E-state index < -0.39 is 5.60 Å². The Morgan fingerprint density at radius 2 is 2.05 bits per heavy atom. The molecule has 0 radical (unpaired) electrons. The van der Waals surface area contributed by atoms with Crippen molar-refractivity contribution in [3.05, 3.63) is 66.1 Å². The molecule has 4 heteroatoms. The molecule has 2 rings (SSSR count). The molecule has 1 atom stereocenters. The number of carbonyl (C=O) groups excluding carboxylic acids is 1. The van der Waals surface area contributed by atoms with E-state index >= 15 is 0 Å². The molecule has 1 aromatic carbocycles. The fourth-order valence-electron chi connectivity index (χ4n) is 1.76. The molecule has 104 valence electrons. The van der Waals surface area contributed by atoms with Crippen LogP contribution < -0.4 is 5.32 Å². The number of hydrogen-bond acceptors (Lipinski definition) is 3. The second kappa shape index (κ2) is 6.21. The first-order valence-corrected chi connectivity index (χ1v) is 6.35. The molecule has 2 N–H and O–H groups in total. The molecule has 20 heavy (non-hydrogen) atoms. The lowest BCUT2D eigenvalue weighted by atomic mass is 9.96. The summed E-state index contributed by atoms with van der Waals surface area (Å²) in [6.07, 6.45) is 4.49. The average molecular weight is 271 g/mol. The van der Waals surface area contributed by atoms with Gasteiger partial charge in [-0.3, -0.25) is 4.79 Å². The Labute approximate surface area is 117 Å². The smallest absolute Gasteiger partial charge is 0.244 e. The number of rotatable bonds is 5. The van der Waals surface area contributed by atoms with Crippen LogP contribution in [0.3, 0.4) is 0 Å². The largest absolute Gasteiger partial charge is 0.465 e. The predicted octanol–water partition coefficient (Wildman–Crippen LogP) is 2.32. The predicted molar refractivity (Wildman–Crippen MR) is 76.8 cm³/mol. The van der Waals surface area contributed by atoms with Gasteiger partial charge in [0.15, 0.2) is 0 Å². The van der Waals surface area contributed by atoms with Crippen molar-refractivity contribution in [2.75, 3.05) is 6.54 Å². The van der Waals surface area contributed by atoms with Gasteiger partial charge in [-0.15, -0.1) is 0 Å². The Hall–Kier alpha value is -2.33. The first kappa shape index (κ1) is 14.1. The molecule has 2 aromatic rings. The molecule has 1 heterocycles. The van der Waals surface area contributed by atoms with Gasteiger partial charge in [0.05, 0.1) is 12.8 Å². The van der Waals surface area contributed by atoms with E-state index in [-0.39, 0.29) is 12.5 Å². The van der Waals surface area contributed by atoms with E-state index in [4.69, 9.17) is 4.42 Å². The van der Waals surface area contributed by atoms with Crippen LogP contribution in [0.2, 0.25) is 0 Å². The summed E-state index contributed by atoms with van der Waals surface area (Å²) in [5.41, 5.74) is -0.342. The number of furan rings is 1. The molecule has 0 aliphatic heterocycles. The first-order chi connectivity index (χ1) is 9.58. The summed E-state index contributed by atoms with van der Waals surface area (Å²) in [4.78, 5) is 11.7. The van der Waals surface area contributed by atoms with Crippen LogP contribution in [0.15, 0.2) is 59.2 Å². The zero-order valence-electron chi connectivity index (χ0n) is 11.2. The maximum Gasteiger partial charge on any atom is 0.244 e. The molecule has 0 bridgehead atoms. The van der Waals surface area contributed by atoms with Crippen molar-refractivity contribution in [3.63, 3.8) is 0 Å². The van der Waals surface area contributed by atoms with Crippen molar-refractivity contribution in [2.45, 2.75) is 12.5 Å². The normalized spacial score (nSPS) is 14.1. The number of hydrogen-bond donors (Lipinski definition) is 2. The van der Waals surface area contributed by atoms with E-state index in [1.807, 2.05) is 30.3 Å². The molecule has 0 aliphatic carbocycles. The summed E-state index contributed by atoms with van der Waals surface area (Å²) in [5.74, 6) is 0.326. The summed E-state index contributed by atoms with van der Waals surface area (Å²) >= 11 is 0. The zero-order valence-corrected chi connectivity index (χ0v) is 11.2. The monoisotopic (exact) mass is 271 g/mol. The third-order valence-electron chi connectivity index (χ3n) is 2.94. The van der Waals surface area contributed by atoms with Crippen molar-refractivity contribution in [1.82, 2.24) is 5.32 Å². The Bertz CT molecular complexity index is 571. The van der Waals surface area contributed by atoms with Crippen LogP contribution in [-0.2, 0) is 10.4 Å². The summed E-state index contributed by atoms with van der Waals surface area (Å²) in [6.45, 7) is 1.80. The lowest BCUT2D eigenvalue weighted by Crippen LogP contribution is -2.37. The van der Waals surface area contributed by atoms with E-state index in [1.165, 1.54) is 12.3 Å². The summed E-state index contributed by atoms with van der Waals surface area (Å²) in [5, 5.41) is 13.0. The van der Waals surface area contributed by atoms with Crippen LogP contribution in [0.5, 0.6) is 0 Å². The fraction of sp³-hybridized carbons (Fsp3) is 0.188. The van der Waals surface area contributed by atoms with E-state index in [9.17, 15) is 9.90 Å². The van der Waals surface area contributed by atoms with Gasteiger partial charge in [0.1, 0.15) is 11.4 Å². The molecular weight excluding hydrogens is 254 g/mol. The second-order valence-corrected chi connectivity index (χ2v) is 4.71. The molecular formula is C16H17NO3. The summed E-state index contributed by atoms with van der Waals surface area (Å²) in [7, 11) is 0. The van der Waals surface area contributed by atoms with Crippen LogP contribution in [0, 0.1) is 0 Å². The lowest BCUT2D eigenvalue weighted by Gasteiger charge is -2.23. The SMILES string of the molecule is C[C@@](O)(CNC(=O)/C=C/c1ccco1)c1ccccc1. The van der Waals surface area contributed by atoms with Gasteiger partial charge in [-0.05, 0) is 30.7 Å². The fourth-order valence-corrected chi connectivity index (χ4v) is 1.76. The van der Waals surface area contributed by atoms with Gasteiger partial charge in [0, 0.05) is 6.08 Å². The highest BCUT2D eigenvalue weighted by Gasteiger charge is 2.22. The van der Waals surface area contributed by atoms with Gasteiger partial charge in [-0.2, -0.15) is 0 Å². The zero-order chi connectivity index (χ0) is 14.4. The van der Waals surface area contributed by atoms with Crippen molar-refractivity contribution in [2.24, 2.45) is 0 Å². The maximum atomic E-state index is 11.7. The molecule has 4 nitrogen and oxygen atoms in total. The number of nitrogens with one attached hydrogen (secondary N) is 1. The molecule has 0 spiro atoms. The Balaban J connectivity index is 1.90. The Morgan fingerprint density at radius 1 is 1.30 bits per heavy atom. The minimum atomic E-state index is -1.10.